The molecule has 9 heteroatoms. The van der Waals surface area contributed by atoms with Crippen LogP contribution in [0.2, 0.25) is 0 Å². The van der Waals surface area contributed by atoms with E-state index in [1.165, 1.54) is 19.3 Å². The van der Waals surface area contributed by atoms with E-state index in [4.69, 9.17) is 14.2 Å². The highest BCUT2D eigenvalue weighted by atomic mass is 16.6. The van der Waals surface area contributed by atoms with Gasteiger partial charge in [-0.15, -0.1) is 0 Å². The van der Waals surface area contributed by atoms with E-state index in [-0.39, 0.29) is 47.7 Å². The van der Waals surface area contributed by atoms with Gasteiger partial charge in [0.1, 0.15) is 6.10 Å². The number of esters is 1. The van der Waals surface area contributed by atoms with Crippen molar-refractivity contribution < 1.29 is 44.2 Å². The Morgan fingerprint density at radius 2 is 1.76 bits per heavy atom. The Kier molecular flexibility index (Phi) is 8.27. The molecule has 3 saturated carbocycles. The van der Waals surface area contributed by atoms with Crippen LogP contribution in [-0.4, -0.2) is 70.5 Å². The van der Waals surface area contributed by atoms with E-state index < -0.39 is 52.2 Å². The van der Waals surface area contributed by atoms with Crippen LogP contribution in [0.25, 0.3) is 6.08 Å². The van der Waals surface area contributed by atoms with Crippen molar-refractivity contribution >= 4 is 17.8 Å². The molecular weight excluding hydrogens is 588 g/mol. The molecule has 0 amide bonds. The number of ketones is 1. The van der Waals surface area contributed by atoms with Crippen LogP contribution < -0.4 is 4.74 Å². The van der Waals surface area contributed by atoms with Crippen LogP contribution in [0.5, 0.6) is 11.5 Å². The molecule has 1 aromatic carbocycles. The number of allylic oxidation sites excluding steroid dienone is 2. The largest absolute Gasteiger partial charge is 0.504 e. The monoisotopic (exact) mass is 638 g/mol. The summed E-state index contributed by atoms with van der Waals surface area (Å²) in [4.78, 5) is 26.9. The predicted octanol–water partition coefficient (Wildman–Crippen LogP) is 4.65. The van der Waals surface area contributed by atoms with Crippen LogP contribution in [-0.2, 0) is 19.1 Å². The summed E-state index contributed by atoms with van der Waals surface area (Å²) < 4.78 is 17.4. The third-order valence-electron chi connectivity index (χ3n) is 13.6. The zero-order valence-electron chi connectivity index (χ0n) is 27.8. The summed E-state index contributed by atoms with van der Waals surface area (Å²) in [6.45, 7) is 10.4. The first-order valence-electron chi connectivity index (χ1n) is 16.7. The molecule has 1 saturated heterocycles. The number of rotatable bonds is 6. The second kappa shape index (κ2) is 11.5. The van der Waals surface area contributed by atoms with Crippen molar-refractivity contribution in [2.75, 3.05) is 13.7 Å². The van der Waals surface area contributed by atoms with E-state index in [1.54, 1.807) is 24.3 Å². The molecule has 0 aromatic heterocycles. The second-order valence-corrected chi connectivity index (χ2v) is 15.8. The van der Waals surface area contributed by atoms with Gasteiger partial charge < -0.3 is 34.6 Å². The Morgan fingerprint density at radius 1 is 1.02 bits per heavy atom. The molecular formula is C37H50O9. The number of aromatic hydroxyl groups is 1. The molecule has 4 aliphatic carbocycles. The number of phenols is 1. The molecule has 4 N–H and O–H groups in total. The van der Waals surface area contributed by atoms with E-state index in [0.717, 1.165) is 12.8 Å². The minimum Gasteiger partial charge on any atom is -0.504 e. The smallest absolute Gasteiger partial charge is 0.331 e. The number of aliphatic hydroxyl groups excluding tert-OH is 3. The van der Waals surface area contributed by atoms with Crippen molar-refractivity contribution in [3.05, 3.63) is 42.0 Å². The molecule has 5 aliphatic rings. The van der Waals surface area contributed by atoms with Crippen LogP contribution in [0.3, 0.4) is 0 Å². The first-order valence-corrected chi connectivity index (χ1v) is 16.7. The molecule has 46 heavy (non-hydrogen) atoms. The van der Waals surface area contributed by atoms with Gasteiger partial charge in [0.25, 0.3) is 0 Å². The van der Waals surface area contributed by atoms with Gasteiger partial charge in [0, 0.05) is 28.2 Å². The third kappa shape index (κ3) is 4.79. The minimum atomic E-state index is -1.01. The second-order valence-electron chi connectivity index (χ2n) is 15.8. The van der Waals surface area contributed by atoms with Crippen molar-refractivity contribution in [3.63, 3.8) is 0 Å². The SMILES string of the molecule is COc1cc(/C=C/C(=O)O[C@@H]2C[C@H]3C(C)(C)C(=O)C=C[C@]3(C)[C@H]3C[C@H](O)[C@]4(C)[C@@H](CC[C@H]4[C@@H]4C[C@H](CO)O[C@@H]4O)[C@@]32C)ccc1O. The molecule has 12 atom stereocenters. The van der Waals surface area contributed by atoms with Crippen molar-refractivity contribution in [2.24, 2.45) is 51.2 Å². The number of fused-ring (bicyclic) bond motifs is 5. The molecule has 6 rings (SSSR count). The molecule has 9 nitrogen and oxygen atoms in total. The van der Waals surface area contributed by atoms with Crippen LogP contribution in [0.4, 0.5) is 0 Å². The van der Waals surface area contributed by atoms with Crippen LogP contribution in [0.1, 0.15) is 72.3 Å². The summed E-state index contributed by atoms with van der Waals surface area (Å²) >= 11 is 0. The van der Waals surface area contributed by atoms with Gasteiger partial charge in [0.15, 0.2) is 23.6 Å². The highest BCUT2D eigenvalue weighted by molar-refractivity contribution is 5.95. The van der Waals surface area contributed by atoms with Crippen molar-refractivity contribution in [3.8, 4) is 11.5 Å². The van der Waals surface area contributed by atoms with Crippen LogP contribution >= 0.6 is 0 Å². The molecule has 1 aromatic rings. The van der Waals surface area contributed by atoms with Gasteiger partial charge >= 0.3 is 5.97 Å². The Bertz CT molecular complexity index is 1430. The highest BCUT2D eigenvalue weighted by Crippen LogP contribution is 2.74. The molecule has 4 fully saturated rings. The summed E-state index contributed by atoms with van der Waals surface area (Å²) in [7, 11) is 1.46. The number of carbonyl (C=O) groups excluding carboxylic acids is 2. The molecule has 1 heterocycles. The van der Waals surface area contributed by atoms with Crippen molar-refractivity contribution in [2.45, 2.75) is 91.3 Å². The number of aliphatic hydroxyl groups is 3. The number of benzene rings is 1. The van der Waals surface area contributed by atoms with Gasteiger partial charge in [-0.2, -0.15) is 0 Å². The molecule has 0 bridgehead atoms. The Morgan fingerprint density at radius 3 is 2.43 bits per heavy atom. The van der Waals surface area contributed by atoms with Gasteiger partial charge in [-0.05, 0) is 91.0 Å². The molecule has 0 radical (unpaired) electrons. The molecule has 0 spiro atoms. The molecule has 252 valence electrons. The fourth-order valence-corrected chi connectivity index (χ4v) is 11.2. The zero-order valence-corrected chi connectivity index (χ0v) is 27.8. The summed E-state index contributed by atoms with van der Waals surface area (Å²) in [6, 6.07) is 4.83. The lowest BCUT2D eigenvalue weighted by Crippen LogP contribution is -2.69. The van der Waals surface area contributed by atoms with E-state index in [0.29, 0.717) is 30.6 Å². The minimum absolute atomic E-state index is 0.00566. The standard InChI is InChI=1S/C37H50O9/c1-34(2)27-18-31(46-32(42)12-8-20-7-10-24(39)25(15-20)44-6)37(5)26-11-9-23(22-16-21(19-38)45-33(22)43)36(26,4)30(41)17-28(37)35(27,3)14-13-29(34)40/h7-8,10,12-15,21-23,26-28,30-31,33,38-39,41,43H,9,11,16-19H2,1-6H3/b12-8+/t21-,22+,23+,26-,27+,28-,30+,31-,33+,35+,36+,37+/m1/s1. The maximum atomic E-state index is 13.6. The first kappa shape index (κ1) is 33.2. The van der Waals surface area contributed by atoms with Gasteiger partial charge in [-0.25, -0.2) is 4.79 Å². The van der Waals surface area contributed by atoms with Gasteiger partial charge in [0.05, 0.1) is 25.9 Å². The fourth-order valence-electron chi connectivity index (χ4n) is 11.2. The summed E-state index contributed by atoms with van der Waals surface area (Å²) in [5, 5.41) is 42.8. The third-order valence-corrected chi connectivity index (χ3v) is 13.6. The van der Waals surface area contributed by atoms with Crippen molar-refractivity contribution in [1.29, 1.82) is 0 Å². The predicted molar refractivity (Wildman–Crippen MR) is 170 cm³/mol. The quantitative estimate of drug-likeness (QED) is 0.259. The number of ether oxygens (including phenoxy) is 3. The zero-order chi connectivity index (χ0) is 33.4. The molecule has 1 aliphatic heterocycles. The lowest BCUT2D eigenvalue weighted by atomic mass is 9.36. The van der Waals surface area contributed by atoms with Crippen LogP contribution in [0, 0.1) is 51.2 Å². The summed E-state index contributed by atoms with van der Waals surface area (Å²) in [5.41, 5.74) is -1.54. The van der Waals surface area contributed by atoms with E-state index in [2.05, 4.69) is 26.8 Å². The average molecular weight is 639 g/mol. The highest BCUT2D eigenvalue weighted by Gasteiger charge is 2.73. The lowest BCUT2D eigenvalue weighted by Gasteiger charge is -2.69. The lowest BCUT2D eigenvalue weighted by molar-refractivity contribution is -0.250. The number of methoxy groups -OCH3 is 1. The summed E-state index contributed by atoms with van der Waals surface area (Å²) in [6.07, 6.45) is 7.27. The average Bonchev–Trinajstić information content (AvgIpc) is 3.57. The number of hydrogen-bond acceptors (Lipinski definition) is 9. The van der Waals surface area contributed by atoms with Crippen molar-refractivity contribution in [1.82, 2.24) is 0 Å². The number of hydrogen-bond donors (Lipinski definition) is 4. The summed E-state index contributed by atoms with van der Waals surface area (Å²) in [5.74, 6) is -0.609. The van der Waals surface area contributed by atoms with E-state index in [1.807, 2.05) is 13.8 Å². The van der Waals surface area contributed by atoms with Crippen LogP contribution in [0.15, 0.2) is 36.4 Å². The maximum Gasteiger partial charge on any atom is 0.331 e. The Balaban J connectivity index is 1.38. The maximum absolute atomic E-state index is 13.6. The van der Waals surface area contributed by atoms with Gasteiger partial charge in [0.2, 0.25) is 0 Å². The van der Waals surface area contributed by atoms with Gasteiger partial charge in [-0.1, -0.05) is 46.8 Å². The van der Waals surface area contributed by atoms with E-state index in [9.17, 15) is 30.0 Å². The fraction of sp³-hybridized carbons (Fsp3) is 0.676. The number of phenolic OH excluding ortho intramolecular Hbond substituents is 1. The van der Waals surface area contributed by atoms with Gasteiger partial charge in [-0.3, -0.25) is 4.79 Å². The topological polar surface area (TPSA) is 143 Å². The first-order chi connectivity index (χ1) is 21.6. The Hall–Kier alpha value is -2.72. The number of carbonyl (C=O) groups is 2. The molecule has 0 unspecified atom stereocenters. The normalized spacial score (nSPS) is 44.5. The van der Waals surface area contributed by atoms with E-state index >= 15 is 0 Å². The Labute approximate surface area is 271 Å².